The highest BCUT2D eigenvalue weighted by Crippen LogP contribution is 2.39. The lowest BCUT2D eigenvalue weighted by atomic mass is 9.79. The van der Waals surface area contributed by atoms with E-state index in [1.165, 1.54) is 82.0 Å². The number of piperidine rings is 1. The number of thiazole rings is 1. The van der Waals surface area contributed by atoms with Crippen LogP contribution in [-0.2, 0) is 12.8 Å². The lowest BCUT2D eigenvalue weighted by Gasteiger charge is -2.43. The molecule has 1 aromatic heterocycles. The number of fused-ring (bicyclic) bond motifs is 2. The van der Waals surface area contributed by atoms with Gasteiger partial charge in [-0.3, -0.25) is 4.90 Å². The minimum atomic E-state index is 0.804. The molecule has 0 bridgehead atoms. The van der Waals surface area contributed by atoms with Crippen LogP contribution in [0.5, 0.6) is 0 Å². The number of hydrogen-bond acceptors (Lipinski definition) is 4. The SMILES string of the molecule is CCCN1CCC[C@H]2Cc3nc(N4CCCC4)sc3C[C@@H]21. The third kappa shape index (κ3) is 2.61. The Kier molecular flexibility index (Phi) is 3.92. The van der Waals surface area contributed by atoms with E-state index in [0.717, 1.165) is 12.0 Å². The van der Waals surface area contributed by atoms with E-state index in [-0.39, 0.29) is 0 Å². The largest absolute Gasteiger partial charge is 0.348 e. The summed E-state index contributed by atoms with van der Waals surface area (Å²) >= 11 is 2.00. The molecule has 0 aromatic carbocycles. The van der Waals surface area contributed by atoms with Crippen molar-refractivity contribution < 1.29 is 0 Å². The van der Waals surface area contributed by atoms with Gasteiger partial charge >= 0.3 is 0 Å². The van der Waals surface area contributed by atoms with Crippen LogP contribution in [0.4, 0.5) is 5.13 Å². The smallest absolute Gasteiger partial charge is 0.185 e. The monoisotopic (exact) mass is 305 g/mol. The molecule has 3 nitrogen and oxygen atoms in total. The van der Waals surface area contributed by atoms with Gasteiger partial charge in [0.1, 0.15) is 0 Å². The summed E-state index contributed by atoms with van der Waals surface area (Å²) in [6, 6.07) is 0.804. The van der Waals surface area contributed by atoms with Crippen molar-refractivity contribution in [1.82, 2.24) is 9.88 Å². The van der Waals surface area contributed by atoms with E-state index in [9.17, 15) is 0 Å². The second kappa shape index (κ2) is 5.88. The summed E-state index contributed by atoms with van der Waals surface area (Å²) in [5.41, 5.74) is 1.45. The topological polar surface area (TPSA) is 19.4 Å². The molecule has 2 aliphatic heterocycles. The second-order valence-electron chi connectivity index (χ2n) is 6.97. The Morgan fingerprint density at radius 3 is 2.81 bits per heavy atom. The first-order chi connectivity index (χ1) is 10.3. The molecule has 4 heteroatoms. The van der Waals surface area contributed by atoms with Crippen LogP contribution >= 0.6 is 11.3 Å². The van der Waals surface area contributed by atoms with E-state index in [0.29, 0.717) is 0 Å². The molecule has 0 saturated carbocycles. The fourth-order valence-electron chi connectivity index (χ4n) is 4.48. The first kappa shape index (κ1) is 14.0. The molecule has 3 aliphatic rings. The summed E-state index contributed by atoms with van der Waals surface area (Å²) in [7, 11) is 0. The van der Waals surface area contributed by atoms with Crippen molar-refractivity contribution in [3.8, 4) is 0 Å². The van der Waals surface area contributed by atoms with E-state index >= 15 is 0 Å². The molecule has 4 rings (SSSR count). The normalized spacial score (nSPS) is 29.5. The summed E-state index contributed by atoms with van der Waals surface area (Å²) in [6.45, 7) is 7.37. The van der Waals surface area contributed by atoms with Gasteiger partial charge in [0.2, 0.25) is 0 Å². The fourth-order valence-corrected chi connectivity index (χ4v) is 5.67. The fraction of sp³-hybridized carbons (Fsp3) is 0.824. The molecular weight excluding hydrogens is 278 g/mol. The molecule has 2 fully saturated rings. The van der Waals surface area contributed by atoms with Crippen LogP contribution in [0.2, 0.25) is 0 Å². The molecule has 1 aliphatic carbocycles. The van der Waals surface area contributed by atoms with Gasteiger partial charge in [0.05, 0.1) is 5.69 Å². The van der Waals surface area contributed by atoms with Crippen LogP contribution in [-0.4, -0.2) is 42.1 Å². The maximum absolute atomic E-state index is 5.02. The molecule has 0 radical (unpaired) electrons. The average Bonchev–Trinajstić information content (AvgIpc) is 3.14. The van der Waals surface area contributed by atoms with Gasteiger partial charge in [-0.2, -0.15) is 0 Å². The standard InChI is InChI=1S/C17H27N3S/c1-2-7-19-10-5-6-13-11-14-16(12-15(13)19)21-17(18-14)20-8-3-4-9-20/h13,15H,2-12H2,1H3/t13-,15-/m0/s1. The van der Waals surface area contributed by atoms with Crippen molar-refractivity contribution in [3.05, 3.63) is 10.6 Å². The minimum Gasteiger partial charge on any atom is -0.348 e. The van der Waals surface area contributed by atoms with E-state index in [1.807, 2.05) is 11.3 Å². The summed E-state index contributed by atoms with van der Waals surface area (Å²) in [5, 5.41) is 1.32. The molecule has 3 heterocycles. The van der Waals surface area contributed by atoms with Crippen molar-refractivity contribution in [2.75, 3.05) is 31.1 Å². The van der Waals surface area contributed by atoms with Gasteiger partial charge in [-0.25, -0.2) is 4.98 Å². The highest BCUT2D eigenvalue weighted by Gasteiger charge is 2.37. The van der Waals surface area contributed by atoms with Crippen molar-refractivity contribution in [1.29, 1.82) is 0 Å². The van der Waals surface area contributed by atoms with E-state index < -0.39 is 0 Å². The Hall–Kier alpha value is -0.610. The Labute approximate surface area is 132 Å². The molecule has 0 N–H and O–H groups in total. The number of anilines is 1. The maximum atomic E-state index is 5.02. The van der Waals surface area contributed by atoms with Gasteiger partial charge in [-0.15, -0.1) is 11.3 Å². The Morgan fingerprint density at radius 2 is 2.00 bits per heavy atom. The molecular formula is C17H27N3S. The highest BCUT2D eigenvalue weighted by atomic mass is 32.1. The molecule has 116 valence electrons. The zero-order valence-corrected chi connectivity index (χ0v) is 14.0. The average molecular weight is 305 g/mol. The van der Waals surface area contributed by atoms with E-state index in [4.69, 9.17) is 4.98 Å². The number of rotatable bonds is 3. The maximum Gasteiger partial charge on any atom is 0.185 e. The van der Waals surface area contributed by atoms with Gasteiger partial charge in [0.25, 0.3) is 0 Å². The van der Waals surface area contributed by atoms with Gasteiger partial charge in [-0.05, 0) is 64.0 Å². The van der Waals surface area contributed by atoms with Gasteiger partial charge < -0.3 is 4.90 Å². The third-order valence-electron chi connectivity index (χ3n) is 5.54. The van der Waals surface area contributed by atoms with Crippen molar-refractivity contribution in [3.63, 3.8) is 0 Å². The second-order valence-corrected chi connectivity index (χ2v) is 8.04. The Morgan fingerprint density at radius 1 is 1.14 bits per heavy atom. The number of likely N-dealkylation sites (tertiary alicyclic amines) is 1. The molecule has 2 atom stereocenters. The lowest BCUT2D eigenvalue weighted by Crippen LogP contribution is -2.49. The predicted octanol–water partition coefficient (Wildman–Crippen LogP) is 3.33. The highest BCUT2D eigenvalue weighted by molar-refractivity contribution is 7.15. The van der Waals surface area contributed by atoms with Gasteiger partial charge in [-0.1, -0.05) is 6.92 Å². The number of aromatic nitrogens is 1. The van der Waals surface area contributed by atoms with Crippen LogP contribution in [0.25, 0.3) is 0 Å². The van der Waals surface area contributed by atoms with Crippen LogP contribution in [0, 0.1) is 5.92 Å². The summed E-state index contributed by atoms with van der Waals surface area (Å²) in [6.07, 6.45) is 9.30. The van der Waals surface area contributed by atoms with Crippen LogP contribution < -0.4 is 4.90 Å². The van der Waals surface area contributed by atoms with E-state index in [2.05, 4.69) is 16.7 Å². The Bertz CT molecular complexity index is 490. The zero-order chi connectivity index (χ0) is 14.2. The lowest BCUT2D eigenvalue weighted by molar-refractivity contribution is 0.0857. The molecule has 1 aromatic rings. The van der Waals surface area contributed by atoms with Crippen LogP contribution in [0.15, 0.2) is 0 Å². The summed E-state index contributed by atoms with van der Waals surface area (Å²) < 4.78 is 0. The van der Waals surface area contributed by atoms with Crippen LogP contribution in [0.3, 0.4) is 0 Å². The van der Waals surface area contributed by atoms with Crippen LogP contribution in [0.1, 0.15) is 49.6 Å². The zero-order valence-electron chi connectivity index (χ0n) is 13.2. The minimum absolute atomic E-state index is 0.804. The molecule has 0 amide bonds. The molecule has 2 saturated heterocycles. The molecule has 21 heavy (non-hydrogen) atoms. The molecule has 0 unspecified atom stereocenters. The van der Waals surface area contributed by atoms with Crippen molar-refractivity contribution in [2.45, 2.75) is 57.9 Å². The van der Waals surface area contributed by atoms with Gasteiger partial charge in [0, 0.05) is 24.0 Å². The summed E-state index contributed by atoms with van der Waals surface area (Å²) in [4.78, 5) is 11.9. The quantitative estimate of drug-likeness (QED) is 0.854. The summed E-state index contributed by atoms with van der Waals surface area (Å²) in [5.74, 6) is 0.867. The first-order valence-corrected chi connectivity index (χ1v) is 9.64. The van der Waals surface area contributed by atoms with Crippen molar-refractivity contribution in [2.24, 2.45) is 5.92 Å². The van der Waals surface area contributed by atoms with Crippen molar-refractivity contribution >= 4 is 16.5 Å². The predicted molar refractivity (Wildman–Crippen MR) is 89.3 cm³/mol. The number of nitrogens with zero attached hydrogens (tertiary/aromatic N) is 3. The molecule has 0 spiro atoms. The Balaban J connectivity index is 1.55. The van der Waals surface area contributed by atoms with Gasteiger partial charge in [0.15, 0.2) is 5.13 Å². The van der Waals surface area contributed by atoms with E-state index in [1.54, 1.807) is 4.88 Å². The number of hydrogen-bond donors (Lipinski definition) is 0. The first-order valence-electron chi connectivity index (χ1n) is 8.82. The third-order valence-corrected chi connectivity index (χ3v) is 6.72.